The van der Waals surface area contributed by atoms with Gasteiger partial charge in [-0.1, -0.05) is 30.3 Å². The van der Waals surface area contributed by atoms with E-state index < -0.39 is 5.92 Å². The number of hydrogen-bond donors (Lipinski definition) is 2. The molecule has 0 saturated carbocycles. The zero-order valence-corrected chi connectivity index (χ0v) is 8.41. The van der Waals surface area contributed by atoms with Gasteiger partial charge in [0.2, 0.25) is 0 Å². The minimum absolute atomic E-state index is 0.207. The molecule has 1 aliphatic rings. The quantitative estimate of drug-likeness (QED) is 0.556. The molecule has 0 heterocycles. The van der Waals surface area contributed by atoms with Gasteiger partial charge in [-0.2, -0.15) is 4.79 Å². The summed E-state index contributed by atoms with van der Waals surface area (Å²) in [5.41, 5.74) is 9.89. The van der Waals surface area contributed by atoms with Gasteiger partial charge >= 0.3 is 5.71 Å². The van der Waals surface area contributed by atoms with Gasteiger partial charge in [-0.05, 0) is 11.6 Å². The Balaban J connectivity index is 2.54. The maximum Gasteiger partial charge on any atom is 0.307 e. The van der Waals surface area contributed by atoms with E-state index in [0.29, 0.717) is 5.71 Å². The second kappa shape index (κ2) is 4.04. The van der Waals surface area contributed by atoms with Crippen molar-refractivity contribution < 1.29 is 15.0 Å². The van der Waals surface area contributed by atoms with Crippen LogP contribution in [0, 0.1) is 0 Å². The lowest BCUT2D eigenvalue weighted by Gasteiger charge is -2.14. The number of rotatable bonds is 1. The van der Waals surface area contributed by atoms with Crippen LogP contribution >= 0.6 is 0 Å². The molecule has 0 spiro atoms. The summed E-state index contributed by atoms with van der Waals surface area (Å²) in [6.45, 7) is 0. The molecule has 1 atom stereocenters. The van der Waals surface area contributed by atoms with Crippen molar-refractivity contribution in [1.29, 1.82) is 0 Å². The number of benzene rings is 1. The molecule has 2 N–H and O–H groups in total. The number of aliphatic hydroxyl groups excluding tert-OH is 2. The molecule has 1 aromatic rings. The average Bonchev–Trinajstić information content (AvgIpc) is 2.33. The Hall–Kier alpha value is -2.32. The van der Waals surface area contributed by atoms with Crippen molar-refractivity contribution in [3.8, 4) is 0 Å². The van der Waals surface area contributed by atoms with E-state index in [-0.39, 0.29) is 11.5 Å². The summed E-state index contributed by atoms with van der Waals surface area (Å²) in [6, 6.07) is 9.05. The fourth-order valence-electron chi connectivity index (χ4n) is 1.70. The first-order valence-electron chi connectivity index (χ1n) is 4.81. The van der Waals surface area contributed by atoms with Crippen LogP contribution < -0.4 is 0 Å². The molecule has 0 aliphatic heterocycles. The molecule has 4 heteroatoms. The summed E-state index contributed by atoms with van der Waals surface area (Å²) in [5, 5.41) is 19.2. The first kappa shape index (κ1) is 10.2. The van der Waals surface area contributed by atoms with Crippen molar-refractivity contribution in [3.63, 3.8) is 0 Å². The van der Waals surface area contributed by atoms with E-state index in [1.807, 2.05) is 18.2 Å². The van der Waals surface area contributed by atoms with E-state index in [4.69, 9.17) is 5.53 Å². The number of hydrogen-bond acceptors (Lipinski definition) is 2. The molecule has 2 rings (SSSR count). The molecule has 0 saturated heterocycles. The number of nitrogens with zero attached hydrogens (tertiary/aromatic N) is 2. The summed E-state index contributed by atoms with van der Waals surface area (Å²) < 4.78 is 0. The van der Waals surface area contributed by atoms with Gasteiger partial charge in [0.15, 0.2) is 11.5 Å². The lowest BCUT2D eigenvalue weighted by atomic mass is 9.88. The van der Waals surface area contributed by atoms with E-state index in [2.05, 4.69) is 4.79 Å². The first-order valence-corrected chi connectivity index (χ1v) is 4.81. The van der Waals surface area contributed by atoms with Crippen LogP contribution in [0.5, 0.6) is 0 Å². The van der Waals surface area contributed by atoms with Crippen LogP contribution in [0.1, 0.15) is 11.5 Å². The Bertz CT molecular complexity index is 511. The summed E-state index contributed by atoms with van der Waals surface area (Å²) in [4.78, 5) is 3.11. The van der Waals surface area contributed by atoms with Crippen LogP contribution in [0.3, 0.4) is 0 Å². The predicted molar refractivity (Wildman–Crippen MR) is 59.2 cm³/mol. The van der Waals surface area contributed by atoms with Crippen molar-refractivity contribution in [2.45, 2.75) is 5.92 Å². The molecule has 0 bridgehead atoms. The van der Waals surface area contributed by atoms with Crippen LogP contribution in [-0.4, -0.2) is 20.7 Å². The van der Waals surface area contributed by atoms with E-state index in [1.165, 1.54) is 12.2 Å². The van der Waals surface area contributed by atoms with Crippen LogP contribution in [0.15, 0.2) is 54.0 Å². The Morgan fingerprint density at radius 2 is 1.75 bits per heavy atom. The third-order valence-corrected chi connectivity index (χ3v) is 2.49. The van der Waals surface area contributed by atoms with Crippen LogP contribution in [0.25, 0.3) is 5.53 Å². The van der Waals surface area contributed by atoms with Crippen LogP contribution in [-0.2, 0) is 0 Å². The van der Waals surface area contributed by atoms with Gasteiger partial charge in [0.25, 0.3) is 0 Å². The van der Waals surface area contributed by atoms with Crippen molar-refractivity contribution in [2.75, 3.05) is 0 Å². The third kappa shape index (κ3) is 1.62. The van der Waals surface area contributed by atoms with Gasteiger partial charge in [0.1, 0.15) is 5.92 Å². The maximum absolute atomic E-state index is 9.78. The second-order valence-corrected chi connectivity index (χ2v) is 3.47. The van der Waals surface area contributed by atoms with Crippen LogP contribution in [0.4, 0.5) is 0 Å². The molecule has 80 valence electrons. The molecule has 0 aromatic heterocycles. The highest BCUT2D eigenvalue weighted by atomic mass is 16.3. The Labute approximate surface area is 92.4 Å². The van der Waals surface area contributed by atoms with Crippen molar-refractivity contribution in [3.05, 3.63) is 65.1 Å². The van der Waals surface area contributed by atoms with Gasteiger partial charge in [0.05, 0.1) is 0 Å². The fraction of sp³-hybridized carbons (Fsp3) is 0.0833. The standard InChI is InChI=1S/C12H10N2O2/c13-14-9-6-7-10(15)12(16)11(9)8-4-2-1-3-5-8/h1-7,11,15-16H. The molecular weight excluding hydrogens is 204 g/mol. The van der Waals surface area contributed by atoms with Gasteiger partial charge in [-0.25, -0.2) is 0 Å². The third-order valence-electron chi connectivity index (χ3n) is 2.49. The Morgan fingerprint density at radius 1 is 1.06 bits per heavy atom. The lowest BCUT2D eigenvalue weighted by molar-refractivity contribution is -0.00840. The topological polar surface area (TPSA) is 76.9 Å². The molecule has 0 radical (unpaired) electrons. The zero-order chi connectivity index (χ0) is 11.5. The molecule has 1 aliphatic carbocycles. The summed E-state index contributed by atoms with van der Waals surface area (Å²) in [6.07, 6.45) is 2.76. The highest BCUT2D eigenvalue weighted by Gasteiger charge is 2.32. The van der Waals surface area contributed by atoms with E-state index in [0.717, 1.165) is 5.56 Å². The van der Waals surface area contributed by atoms with Gasteiger partial charge in [0, 0.05) is 6.08 Å². The predicted octanol–water partition coefficient (Wildman–Crippen LogP) is 2.34. The second-order valence-electron chi connectivity index (χ2n) is 3.47. The number of aliphatic hydroxyl groups is 2. The fourth-order valence-corrected chi connectivity index (χ4v) is 1.70. The Morgan fingerprint density at radius 3 is 2.38 bits per heavy atom. The van der Waals surface area contributed by atoms with Crippen molar-refractivity contribution in [2.24, 2.45) is 0 Å². The lowest BCUT2D eigenvalue weighted by Crippen LogP contribution is -2.18. The van der Waals surface area contributed by atoms with Crippen molar-refractivity contribution in [1.82, 2.24) is 0 Å². The molecule has 16 heavy (non-hydrogen) atoms. The number of allylic oxidation sites excluding steroid dienone is 3. The van der Waals surface area contributed by atoms with E-state index >= 15 is 0 Å². The monoisotopic (exact) mass is 214 g/mol. The summed E-state index contributed by atoms with van der Waals surface area (Å²) >= 11 is 0. The normalized spacial score (nSPS) is 19.8. The average molecular weight is 214 g/mol. The van der Waals surface area contributed by atoms with Crippen LogP contribution in [0.2, 0.25) is 0 Å². The highest BCUT2D eigenvalue weighted by molar-refractivity contribution is 5.99. The highest BCUT2D eigenvalue weighted by Crippen LogP contribution is 2.29. The SMILES string of the molecule is [N-]=[N+]=C1C=CC(O)=C(O)C1c1ccccc1. The molecule has 1 aromatic carbocycles. The van der Waals surface area contributed by atoms with E-state index in [1.54, 1.807) is 12.1 Å². The van der Waals surface area contributed by atoms with Gasteiger partial charge in [-0.15, -0.1) is 0 Å². The molecular formula is C12H10N2O2. The summed E-state index contributed by atoms with van der Waals surface area (Å²) in [5.74, 6) is -1.03. The smallest absolute Gasteiger partial charge is 0.307 e. The van der Waals surface area contributed by atoms with E-state index in [9.17, 15) is 10.2 Å². The molecule has 0 fully saturated rings. The molecule has 4 nitrogen and oxygen atoms in total. The van der Waals surface area contributed by atoms with Gasteiger partial charge < -0.3 is 15.7 Å². The van der Waals surface area contributed by atoms with Crippen molar-refractivity contribution >= 4 is 5.71 Å². The largest absolute Gasteiger partial charge is 0.507 e. The van der Waals surface area contributed by atoms with Gasteiger partial charge in [-0.3, -0.25) is 0 Å². The molecule has 1 unspecified atom stereocenters. The summed E-state index contributed by atoms with van der Waals surface area (Å²) in [7, 11) is 0. The Kier molecular flexibility index (Phi) is 2.58. The minimum Gasteiger partial charge on any atom is -0.507 e. The first-order chi connectivity index (χ1) is 7.74. The molecule has 0 amide bonds. The minimum atomic E-state index is -0.615. The zero-order valence-electron chi connectivity index (χ0n) is 8.41. The maximum atomic E-state index is 9.78.